The van der Waals surface area contributed by atoms with Crippen LogP contribution in [0.15, 0.2) is 31.0 Å². The molecule has 0 fully saturated rings. The third-order valence-electron chi connectivity index (χ3n) is 3.29. The van der Waals surface area contributed by atoms with E-state index in [1.165, 1.54) is 31.4 Å². The van der Waals surface area contributed by atoms with Gasteiger partial charge in [-0.05, 0) is 25.3 Å². The first-order valence-corrected chi connectivity index (χ1v) is 7.64. The third kappa shape index (κ3) is 7.52. The molecule has 1 N–H and O–H groups in total. The number of rotatable bonds is 11. The smallest absolute Gasteiger partial charge is 0.287 e. The summed E-state index contributed by atoms with van der Waals surface area (Å²) in [5.74, 6) is 0.244. The van der Waals surface area contributed by atoms with Crippen LogP contribution >= 0.6 is 0 Å². The number of hydrogen-bond acceptors (Lipinski definition) is 4. The molecule has 6 heteroatoms. The van der Waals surface area contributed by atoms with E-state index < -0.39 is 4.92 Å². The molecule has 1 aromatic rings. The van der Waals surface area contributed by atoms with Crippen LogP contribution in [-0.2, 0) is 4.79 Å². The van der Waals surface area contributed by atoms with Crippen LogP contribution in [0.1, 0.15) is 51.4 Å². The number of carbonyl (C=O) groups is 1. The first-order valence-electron chi connectivity index (χ1n) is 7.64. The molecule has 0 aliphatic heterocycles. The minimum absolute atomic E-state index is 0.0885. The first-order chi connectivity index (χ1) is 10.6. The molecule has 22 heavy (non-hydrogen) atoms. The maximum Gasteiger partial charge on any atom is 0.287 e. The third-order valence-corrected chi connectivity index (χ3v) is 3.29. The van der Waals surface area contributed by atoms with Crippen molar-refractivity contribution in [1.82, 2.24) is 4.98 Å². The minimum atomic E-state index is -0.520. The molecule has 0 aliphatic carbocycles. The molecular formula is C16H23N3O3. The quantitative estimate of drug-likeness (QED) is 0.287. The van der Waals surface area contributed by atoms with Crippen LogP contribution in [0.25, 0.3) is 0 Å². The van der Waals surface area contributed by atoms with Crippen LogP contribution in [0.2, 0.25) is 0 Å². The Morgan fingerprint density at radius 3 is 2.50 bits per heavy atom. The molecule has 1 amide bonds. The summed E-state index contributed by atoms with van der Waals surface area (Å²) in [4.78, 5) is 25.5. The van der Waals surface area contributed by atoms with E-state index in [2.05, 4.69) is 16.9 Å². The van der Waals surface area contributed by atoms with Crippen molar-refractivity contribution < 1.29 is 9.72 Å². The van der Waals surface area contributed by atoms with Crippen molar-refractivity contribution >= 4 is 17.4 Å². The van der Waals surface area contributed by atoms with Crippen molar-refractivity contribution in [3.8, 4) is 0 Å². The fourth-order valence-electron chi connectivity index (χ4n) is 2.05. The van der Waals surface area contributed by atoms with Crippen LogP contribution in [0.5, 0.6) is 0 Å². The standard InChI is InChI=1S/C16H23N3O3/c1-2-3-4-5-6-7-8-9-10-16(20)18-15-12-11-14(13-17-15)19(21)22/h2,11-13H,1,3-10H2,(H,17,18,20). The highest BCUT2D eigenvalue weighted by atomic mass is 16.6. The second-order valence-electron chi connectivity index (χ2n) is 5.16. The minimum Gasteiger partial charge on any atom is -0.311 e. The molecule has 0 spiro atoms. The number of nitro groups is 1. The predicted molar refractivity (Wildman–Crippen MR) is 86.7 cm³/mol. The van der Waals surface area contributed by atoms with Crippen molar-refractivity contribution in [2.75, 3.05) is 5.32 Å². The highest BCUT2D eigenvalue weighted by Gasteiger charge is 2.07. The monoisotopic (exact) mass is 305 g/mol. The summed E-state index contributed by atoms with van der Waals surface area (Å²) in [5.41, 5.74) is -0.0885. The van der Waals surface area contributed by atoms with Crippen molar-refractivity contribution in [1.29, 1.82) is 0 Å². The molecule has 1 aromatic heterocycles. The zero-order chi connectivity index (χ0) is 16.2. The van der Waals surface area contributed by atoms with Gasteiger partial charge in [0.05, 0.1) is 4.92 Å². The zero-order valence-electron chi connectivity index (χ0n) is 12.8. The van der Waals surface area contributed by atoms with Gasteiger partial charge >= 0.3 is 0 Å². The number of nitrogens with zero attached hydrogens (tertiary/aromatic N) is 2. The van der Waals surface area contributed by atoms with Gasteiger partial charge in [0.2, 0.25) is 5.91 Å². The average molecular weight is 305 g/mol. The maximum absolute atomic E-state index is 11.7. The van der Waals surface area contributed by atoms with E-state index in [-0.39, 0.29) is 11.6 Å². The second-order valence-corrected chi connectivity index (χ2v) is 5.16. The van der Waals surface area contributed by atoms with Crippen molar-refractivity contribution in [2.24, 2.45) is 0 Å². The Balaban J connectivity index is 2.13. The van der Waals surface area contributed by atoms with Crippen molar-refractivity contribution in [2.45, 2.75) is 51.4 Å². The number of pyridine rings is 1. The number of anilines is 1. The number of aromatic nitrogens is 1. The Bertz CT molecular complexity index is 486. The molecule has 1 heterocycles. The highest BCUT2D eigenvalue weighted by molar-refractivity contribution is 5.89. The summed E-state index contributed by atoms with van der Waals surface area (Å²) >= 11 is 0. The number of allylic oxidation sites excluding steroid dienone is 1. The summed E-state index contributed by atoms with van der Waals surface area (Å²) in [6.45, 7) is 3.69. The lowest BCUT2D eigenvalue weighted by atomic mass is 10.1. The van der Waals surface area contributed by atoms with Crippen LogP contribution in [0, 0.1) is 10.1 Å². The van der Waals surface area contributed by atoms with Gasteiger partial charge in [0.25, 0.3) is 5.69 Å². The van der Waals surface area contributed by atoms with E-state index in [9.17, 15) is 14.9 Å². The molecule has 0 saturated heterocycles. The van der Waals surface area contributed by atoms with Gasteiger partial charge in [0.15, 0.2) is 0 Å². The van der Waals surface area contributed by atoms with Gasteiger partial charge in [-0.1, -0.05) is 31.8 Å². The van der Waals surface area contributed by atoms with E-state index in [4.69, 9.17) is 0 Å². The van der Waals surface area contributed by atoms with Crippen LogP contribution in [0.4, 0.5) is 11.5 Å². The van der Waals surface area contributed by atoms with Gasteiger partial charge in [-0.3, -0.25) is 14.9 Å². The molecule has 0 saturated carbocycles. The molecule has 0 bridgehead atoms. The summed E-state index contributed by atoms with van der Waals surface area (Å²) in [6, 6.07) is 2.77. The van der Waals surface area contributed by atoms with E-state index in [1.54, 1.807) is 0 Å². The fourth-order valence-corrected chi connectivity index (χ4v) is 2.05. The summed E-state index contributed by atoms with van der Waals surface area (Å²) in [5, 5.41) is 13.1. The van der Waals surface area contributed by atoms with E-state index in [0.717, 1.165) is 31.9 Å². The Hall–Kier alpha value is -2.24. The largest absolute Gasteiger partial charge is 0.311 e. The van der Waals surface area contributed by atoms with E-state index in [1.807, 2.05) is 6.08 Å². The van der Waals surface area contributed by atoms with Gasteiger partial charge in [0, 0.05) is 12.5 Å². The van der Waals surface area contributed by atoms with Gasteiger partial charge in [0.1, 0.15) is 12.0 Å². The summed E-state index contributed by atoms with van der Waals surface area (Å²) < 4.78 is 0. The molecule has 0 unspecified atom stereocenters. The topological polar surface area (TPSA) is 85.1 Å². The lowest BCUT2D eigenvalue weighted by Crippen LogP contribution is -2.12. The lowest BCUT2D eigenvalue weighted by molar-refractivity contribution is -0.385. The molecular weight excluding hydrogens is 282 g/mol. The predicted octanol–water partition coefficient (Wildman–Crippen LogP) is 4.24. The average Bonchev–Trinajstić information content (AvgIpc) is 2.50. The normalized spacial score (nSPS) is 10.2. The molecule has 0 aromatic carbocycles. The fraction of sp³-hybridized carbons (Fsp3) is 0.500. The maximum atomic E-state index is 11.7. The summed E-state index contributed by atoms with van der Waals surface area (Å²) in [6.07, 6.45) is 11.2. The zero-order valence-corrected chi connectivity index (χ0v) is 12.8. The Labute approximate surface area is 130 Å². The molecule has 0 radical (unpaired) electrons. The van der Waals surface area contributed by atoms with Gasteiger partial charge < -0.3 is 5.32 Å². The van der Waals surface area contributed by atoms with Gasteiger partial charge in [-0.2, -0.15) is 0 Å². The number of nitrogens with one attached hydrogen (secondary N) is 1. The SMILES string of the molecule is C=CCCCCCCCCC(=O)Nc1ccc([N+](=O)[O-])cn1. The number of hydrogen-bond donors (Lipinski definition) is 1. The number of carbonyl (C=O) groups excluding carboxylic acids is 1. The molecule has 0 aliphatic rings. The van der Waals surface area contributed by atoms with Crippen LogP contribution in [-0.4, -0.2) is 15.8 Å². The number of unbranched alkanes of at least 4 members (excludes halogenated alkanes) is 6. The van der Waals surface area contributed by atoms with Crippen LogP contribution in [0.3, 0.4) is 0 Å². The van der Waals surface area contributed by atoms with Crippen molar-refractivity contribution in [3.63, 3.8) is 0 Å². The van der Waals surface area contributed by atoms with E-state index in [0.29, 0.717) is 12.2 Å². The first kappa shape index (κ1) is 17.8. The lowest BCUT2D eigenvalue weighted by Gasteiger charge is -2.04. The van der Waals surface area contributed by atoms with Crippen molar-refractivity contribution in [3.05, 3.63) is 41.1 Å². The number of amides is 1. The Kier molecular flexibility index (Phi) is 8.49. The Morgan fingerprint density at radius 1 is 1.23 bits per heavy atom. The van der Waals surface area contributed by atoms with Gasteiger partial charge in [-0.15, -0.1) is 6.58 Å². The highest BCUT2D eigenvalue weighted by Crippen LogP contribution is 2.13. The molecule has 6 nitrogen and oxygen atoms in total. The van der Waals surface area contributed by atoms with E-state index >= 15 is 0 Å². The molecule has 120 valence electrons. The molecule has 1 rings (SSSR count). The Morgan fingerprint density at radius 2 is 1.91 bits per heavy atom. The van der Waals surface area contributed by atoms with Crippen LogP contribution < -0.4 is 5.32 Å². The summed E-state index contributed by atoms with van der Waals surface area (Å²) in [7, 11) is 0. The molecule has 0 atom stereocenters. The second kappa shape index (κ2) is 10.5. The van der Waals surface area contributed by atoms with Gasteiger partial charge in [-0.25, -0.2) is 4.98 Å².